The standard InChI is InChI=1S/C17H18BrN3O3/c1-11(24-15-8-4-13(18)5-9-15)16(22)20-10-12-2-6-14(7-3-12)21-17(19)23/h2-9,11H,10H2,1H3,(H,20,22)(H3,19,21,23). The molecule has 0 radical (unpaired) electrons. The van der Waals surface area contributed by atoms with Crippen molar-refractivity contribution in [2.45, 2.75) is 19.6 Å². The number of rotatable bonds is 6. The number of nitrogens with two attached hydrogens (primary N) is 1. The minimum atomic E-state index is -0.616. The number of primary amides is 1. The number of benzene rings is 2. The van der Waals surface area contributed by atoms with E-state index in [1.165, 1.54) is 0 Å². The molecular weight excluding hydrogens is 374 g/mol. The molecule has 0 bridgehead atoms. The van der Waals surface area contributed by atoms with Gasteiger partial charge in [-0.1, -0.05) is 28.1 Å². The Morgan fingerprint density at radius 3 is 2.33 bits per heavy atom. The van der Waals surface area contributed by atoms with E-state index in [9.17, 15) is 9.59 Å². The van der Waals surface area contributed by atoms with Gasteiger partial charge in [0.15, 0.2) is 6.10 Å². The molecule has 1 atom stereocenters. The van der Waals surface area contributed by atoms with Gasteiger partial charge in [0, 0.05) is 16.7 Å². The molecule has 0 aromatic heterocycles. The number of carbonyl (C=O) groups excluding carboxylic acids is 2. The molecule has 2 aromatic rings. The van der Waals surface area contributed by atoms with Gasteiger partial charge >= 0.3 is 6.03 Å². The molecule has 0 aliphatic carbocycles. The zero-order valence-corrected chi connectivity index (χ0v) is 14.7. The summed E-state index contributed by atoms with van der Waals surface area (Å²) in [5.41, 5.74) is 6.54. The van der Waals surface area contributed by atoms with Crippen molar-refractivity contribution in [3.63, 3.8) is 0 Å². The lowest BCUT2D eigenvalue weighted by Gasteiger charge is -2.15. The van der Waals surface area contributed by atoms with Crippen molar-refractivity contribution in [1.29, 1.82) is 0 Å². The van der Waals surface area contributed by atoms with Crippen molar-refractivity contribution in [3.05, 3.63) is 58.6 Å². The lowest BCUT2D eigenvalue weighted by Crippen LogP contribution is -2.35. The number of ether oxygens (including phenoxy) is 1. The number of amides is 3. The zero-order valence-electron chi connectivity index (χ0n) is 13.1. The molecule has 0 fully saturated rings. The third kappa shape index (κ3) is 5.58. The summed E-state index contributed by atoms with van der Waals surface area (Å²) in [6.45, 7) is 2.06. The molecular formula is C17H18BrN3O3. The van der Waals surface area contributed by atoms with Gasteiger partial charge in [0.25, 0.3) is 5.91 Å². The maximum atomic E-state index is 12.1. The highest BCUT2D eigenvalue weighted by atomic mass is 79.9. The molecule has 24 heavy (non-hydrogen) atoms. The summed E-state index contributed by atoms with van der Waals surface area (Å²) in [4.78, 5) is 22.8. The van der Waals surface area contributed by atoms with E-state index in [4.69, 9.17) is 10.5 Å². The fourth-order valence-electron chi connectivity index (χ4n) is 1.95. The summed E-state index contributed by atoms with van der Waals surface area (Å²) < 4.78 is 6.53. The number of nitrogens with one attached hydrogen (secondary N) is 2. The molecule has 6 nitrogen and oxygen atoms in total. The third-order valence-corrected chi connectivity index (χ3v) is 3.71. The number of hydrogen-bond acceptors (Lipinski definition) is 3. The first-order valence-electron chi connectivity index (χ1n) is 7.29. The fraction of sp³-hybridized carbons (Fsp3) is 0.176. The molecule has 126 valence electrons. The number of anilines is 1. The molecule has 0 aliphatic heterocycles. The quantitative estimate of drug-likeness (QED) is 0.706. The van der Waals surface area contributed by atoms with Crippen LogP contribution in [0.2, 0.25) is 0 Å². The summed E-state index contributed by atoms with van der Waals surface area (Å²) in [5.74, 6) is 0.417. The van der Waals surface area contributed by atoms with Gasteiger partial charge in [-0.05, 0) is 48.9 Å². The molecule has 0 heterocycles. The maximum absolute atomic E-state index is 12.1. The monoisotopic (exact) mass is 391 g/mol. The lowest BCUT2D eigenvalue weighted by atomic mass is 10.2. The molecule has 0 saturated heterocycles. The predicted molar refractivity (Wildman–Crippen MR) is 95.7 cm³/mol. The summed E-state index contributed by atoms with van der Waals surface area (Å²) in [7, 11) is 0. The molecule has 1 unspecified atom stereocenters. The van der Waals surface area contributed by atoms with Crippen LogP contribution in [-0.4, -0.2) is 18.0 Å². The SMILES string of the molecule is CC(Oc1ccc(Br)cc1)C(=O)NCc1ccc(NC(N)=O)cc1. The van der Waals surface area contributed by atoms with E-state index in [1.807, 2.05) is 12.1 Å². The Morgan fingerprint density at radius 2 is 1.75 bits per heavy atom. The minimum Gasteiger partial charge on any atom is -0.481 e. The third-order valence-electron chi connectivity index (χ3n) is 3.18. The molecule has 0 aliphatic rings. The van der Waals surface area contributed by atoms with E-state index < -0.39 is 12.1 Å². The minimum absolute atomic E-state index is 0.211. The van der Waals surface area contributed by atoms with Crippen molar-refractivity contribution in [1.82, 2.24) is 5.32 Å². The van der Waals surface area contributed by atoms with Crippen LogP contribution < -0.4 is 21.1 Å². The number of hydrogen-bond donors (Lipinski definition) is 3. The summed E-state index contributed by atoms with van der Waals surface area (Å²) >= 11 is 3.34. The largest absolute Gasteiger partial charge is 0.481 e. The summed E-state index contributed by atoms with van der Waals surface area (Å²) in [5, 5.41) is 5.28. The highest BCUT2D eigenvalue weighted by molar-refractivity contribution is 9.10. The van der Waals surface area contributed by atoms with Crippen molar-refractivity contribution in [2.24, 2.45) is 5.73 Å². The highest BCUT2D eigenvalue weighted by Crippen LogP contribution is 2.17. The zero-order chi connectivity index (χ0) is 17.5. The molecule has 0 saturated carbocycles. The predicted octanol–water partition coefficient (Wildman–Crippen LogP) is 3.02. The Balaban J connectivity index is 1.83. The second kappa shape index (κ2) is 8.35. The van der Waals surface area contributed by atoms with Gasteiger partial charge in [0.05, 0.1) is 0 Å². The van der Waals surface area contributed by atoms with Gasteiger partial charge in [-0.3, -0.25) is 4.79 Å². The number of urea groups is 1. The lowest BCUT2D eigenvalue weighted by molar-refractivity contribution is -0.127. The van der Waals surface area contributed by atoms with E-state index >= 15 is 0 Å². The second-order valence-corrected chi connectivity index (χ2v) is 6.03. The van der Waals surface area contributed by atoms with Crippen LogP contribution in [-0.2, 0) is 11.3 Å². The molecule has 2 aromatic carbocycles. The van der Waals surface area contributed by atoms with Crippen LogP contribution in [0.3, 0.4) is 0 Å². The van der Waals surface area contributed by atoms with Crippen LogP contribution in [0.1, 0.15) is 12.5 Å². The van der Waals surface area contributed by atoms with Crippen LogP contribution in [0.4, 0.5) is 10.5 Å². The number of carbonyl (C=O) groups is 2. The normalized spacial score (nSPS) is 11.4. The van der Waals surface area contributed by atoms with Crippen molar-refractivity contribution < 1.29 is 14.3 Å². The van der Waals surface area contributed by atoms with Gasteiger partial charge in [-0.15, -0.1) is 0 Å². The second-order valence-electron chi connectivity index (χ2n) is 5.12. The van der Waals surface area contributed by atoms with Crippen LogP contribution in [0.5, 0.6) is 5.75 Å². The van der Waals surface area contributed by atoms with Crippen LogP contribution in [0.25, 0.3) is 0 Å². The van der Waals surface area contributed by atoms with Gasteiger partial charge in [0.2, 0.25) is 0 Å². The molecule has 3 amide bonds. The Bertz CT molecular complexity index is 702. The maximum Gasteiger partial charge on any atom is 0.316 e. The highest BCUT2D eigenvalue weighted by Gasteiger charge is 2.14. The Hall–Kier alpha value is -2.54. The fourth-order valence-corrected chi connectivity index (χ4v) is 2.22. The van der Waals surface area contributed by atoms with Crippen LogP contribution >= 0.6 is 15.9 Å². The van der Waals surface area contributed by atoms with Crippen LogP contribution in [0, 0.1) is 0 Å². The van der Waals surface area contributed by atoms with Crippen molar-refractivity contribution in [3.8, 4) is 5.75 Å². The van der Waals surface area contributed by atoms with E-state index in [0.29, 0.717) is 18.0 Å². The average Bonchev–Trinajstić information content (AvgIpc) is 2.55. The smallest absolute Gasteiger partial charge is 0.316 e. The van der Waals surface area contributed by atoms with E-state index in [-0.39, 0.29) is 5.91 Å². The summed E-state index contributed by atoms with van der Waals surface area (Å²) in [6.07, 6.45) is -0.609. The van der Waals surface area contributed by atoms with E-state index in [2.05, 4.69) is 26.6 Å². The molecule has 2 rings (SSSR count). The average molecular weight is 392 g/mol. The van der Waals surface area contributed by atoms with E-state index in [0.717, 1.165) is 10.0 Å². The Morgan fingerprint density at radius 1 is 1.12 bits per heavy atom. The van der Waals surface area contributed by atoms with Gasteiger partial charge in [-0.2, -0.15) is 0 Å². The first kappa shape index (κ1) is 17.8. The summed E-state index contributed by atoms with van der Waals surface area (Å²) in [6, 6.07) is 13.7. The molecule has 4 N–H and O–H groups in total. The van der Waals surface area contributed by atoms with Crippen LogP contribution in [0.15, 0.2) is 53.0 Å². The Labute approximate surface area is 148 Å². The van der Waals surface area contributed by atoms with Gasteiger partial charge in [-0.25, -0.2) is 4.79 Å². The first-order chi connectivity index (χ1) is 11.4. The topological polar surface area (TPSA) is 93.4 Å². The van der Waals surface area contributed by atoms with Gasteiger partial charge in [0.1, 0.15) is 5.75 Å². The van der Waals surface area contributed by atoms with Gasteiger partial charge < -0.3 is 21.1 Å². The molecule has 7 heteroatoms. The van der Waals surface area contributed by atoms with Crippen molar-refractivity contribution in [2.75, 3.05) is 5.32 Å². The van der Waals surface area contributed by atoms with Crippen molar-refractivity contribution >= 4 is 33.6 Å². The Kier molecular flexibility index (Phi) is 6.20. The number of halogens is 1. The first-order valence-corrected chi connectivity index (χ1v) is 8.08. The molecule has 0 spiro atoms. The van der Waals surface area contributed by atoms with E-state index in [1.54, 1.807) is 43.3 Å².